The summed E-state index contributed by atoms with van der Waals surface area (Å²) >= 11 is 6.07. The fourth-order valence-electron chi connectivity index (χ4n) is 1.96. The number of ether oxygens (including phenoxy) is 1. The topological polar surface area (TPSA) is 58.6 Å². The van der Waals surface area contributed by atoms with Gasteiger partial charge in [0.25, 0.3) is 0 Å². The van der Waals surface area contributed by atoms with Crippen LogP contribution in [0.2, 0.25) is 5.02 Å². The number of carboxylic acids is 1. The zero-order valence-corrected chi connectivity index (χ0v) is 12.5. The molecule has 0 bridgehead atoms. The van der Waals surface area contributed by atoms with E-state index in [0.717, 1.165) is 5.56 Å². The molecule has 110 valence electrons. The molecule has 0 saturated heterocycles. The number of anilines is 1. The normalized spacial score (nSPS) is 11.8. The van der Waals surface area contributed by atoms with E-state index in [2.05, 4.69) is 5.32 Å². The molecule has 0 amide bonds. The first-order valence-electron chi connectivity index (χ1n) is 6.40. The number of nitrogens with one attached hydrogen (secondary N) is 1. The standard InChI is InChI=1S/C16H16ClNO3/c1-10-6-7-11(8-14(10)17)15(16(19)20)18-12-4-3-5-13(9-12)21-2/h3-9,15,18H,1-2H3,(H,19,20). The molecule has 2 N–H and O–H groups in total. The average molecular weight is 306 g/mol. The number of hydrogen-bond donors (Lipinski definition) is 2. The van der Waals surface area contributed by atoms with Gasteiger partial charge in [-0.05, 0) is 36.2 Å². The minimum absolute atomic E-state index is 0.547. The molecule has 2 rings (SSSR count). The van der Waals surface area contributed by atoms with Crippen molar-refractivity contribution in [2.24, 2.45) is 0 Å². The van der Waals surface area contributed by atoms with Crippen molar-refractivity contribution in [3.8, 4) is 5.75 Å². The van der Waals surface area contributed by atoms with Crippen molar-refractivity contribution in [2.45, 2.75) is 13.0 Å². The van der Waals surface area contributed by atoms with Crippen LogP contribution in [0.4, 0.5) is 5.69 Å². The van der Waals surface area contributed by atoms with Crippen molar-refractivity contribution in [1.29, 1.82) is 0 Å². The Balaban J connectivity index is 2.30. The molecule has 21 heavy (non-hydrogen) atoms. The van der Waals surface area contributed by atoms with Crippen LogP contribution < -0.4 is 10.1 Å². The Labute approximate surface area is 128 Å². The fourth-order valence-corrected chi connectivity index (χ4v) is 2.14. The molecule has 2 aromatic rings. The summed E-state index contributed by atoms with van der Waals surface area (Å²) < 4.78 is 5.13. The van der Waals surface area contributed by atoms with Gasteiger partial charge in [-0.3, -0.25) is 0 Å². The van der Waals surface area contributed by atoms with Gasteiger partial charge in [0.15, 0.2) is 6.04 Å². The first-order valence-corrected chi connectivity index (χ1v) is 6.78. The van der Waals surface area contributed by atoms with Crippen LogP contribution in [0.3, 0.4) is 0 Å². The second-order valence-corrected chi connectivity index (χ2v) is 5.06. The van der Waals surface area contributed by atoms with E-state index in [1.165, 1.54) is 0 Å². The Morgan fingerprint density at radius 3 is 2.67 bits per heavy atom. The Morgan fingerprint density at radius 1 is 1.29 bits per heavy atom. The first-order chi connectivity index (χ1) is 10.0. The van der Waals surface area contributed by atoms with Gasteiger partial charge in [0.05, 0.1) is 7.11 Å². The molecule has 0 aliphatic heterocycles. The summed E-state index contributed by atoms with van der Waals surface area (Å²) in [6.45, 7) is 1.87. The van der Waals surface area contributed by atoms with Crippen molar-refractivity contribution in [3.63, 3.8) is 0 Å². The van der Waals surface area contributed by atoms with E-state index in [4.69, 9.17) is 16.3 Å². The first kappa shape index (κ1) is 15.2. The van der Waals surface area contributed by atoms with Gasteiger partial charge in [0.1, 0.15) is 5.75 Å². The fraction of sp³-hybridized carbons (Fsp3) is 0.188. The number of carbonyl (C=O) groups is 1. The van der Waals surface area contributed by atoms with E-state index < -0.39 is 12.0 Å². The van der Waals surface area contributed by atoms with Gasteiger partial charge < -0.3 is 15.2 Å². The van der Waals surface area contributed by atoms with Gasteiger partial charge in [0, 0.05) is 16.8 Å². The molecule has 0 aliphatic carbocycles. The minimum atomic E-state index is -0.974. The number of carboxylic acid groups (broad SMARTS) is 1. The number of halogens is 1. The molecule has 5 heteroatoms. The maximum atomic E-state index is 11.5. The molecule has 4 nitrogen and oxygen atoms in total. The Bertz CT molecular complexity index is 658. The van der Waals surface area contributed by atoms with Crippen LogP contribution >= 0.6 is 11.6 Å². The highest BCUT2D eigenvalue weighted by atomic mass is 35.5. The summed E-state index contributed by atoms with van der Waals surface area (Å²) in [5.74, 6) is -0.316. The van der Waals surface area contributed by atoms with Crippen molar-refractivity contribution in [1.82, 2.24) is 0 Å². The lowest BCUT2D eigenvalue weighted by molar-refractivity contribution is -0.138. The van der Waals surface area contributed by atoms with E-state index in [1.807, 2.05) is 6.92 Å². The summed E-state index contributed by atoms with van der Waals surface area (Å²) in [5, 5.41) is 13.0. The number of aliphatic carboxylic acids is 1. The highest BCUT2D eigenvalue weighted by Crippen LogP contribution is 2.26. The van der Waals surface area contributed by atoms with Crippen LogP contribution in [0, 0.1) is 6.92 Å². The van der Waals surface area contributed by atoms with Crippen LogP contribution in [-0.4, -0.2) is 18.2 Å². The van der Waals surface area contributed by atoms with Crippen molar-refractivity contribution >= 4 is 23.3 Å². The van der Waals surface area contributed by atoms with Gasteiger partial charge in [-0.25, -0.2) is 4.79 Å². The molecule has 0 radical (unpaired) electrons. The second kappa shape index (κ2) is 6.50. The highest BCUT2D eigenvalue weighted by molar-refractivity contribution is 6.31. The molecule has 0 saturated carbocycles. The molecule has 0 spiro atoms. The van der Waals surface area contributed by atoms with E-state index in [0.29, 0.717) is 22.0 Å². The highest BCUT2D eigenvalue weighted by Gasteiger charge is 2.20. The van der Waals surface area contributed by atoms with E-state index in [9.17, 15) is 9.90 Å². The number of benzene rings is 2. The lowest BCUT2D eigenvalue weighted by Gasteiger charge is -2.17. The van der Waals surface area contributed by atoms with Crippen molar-refractivity contribution < 1.29 is 14.6 Å². The third-order valence-corrected chi connectivity index (χ3v) is 3.56. The van der Waals surface area contributed by atoms with Crippen molar-refractivity contribution in [2.75, 3.05) is 12.4 Å². The van der Waals surface area contributed by atoms with E-state index >= 15 is 0 Å². The average Bonchev–Trinajstić information content (AvgIpc) is 2.47. The van der Waals surface area contributed by atoms with Crippen LogP contribution in [-0.2, 0) is 4.79 Å². The van der Waals surface area contributed by atoms with Crippen LogP contribution in [0.5, 0.6) is 5.75 Å². The van der Waals surface area contributed by atoms with Crippen LogP contribution in [0.25, 0.3) is 0 Å². The van der Waals surface area contributed by atoms with Gasteiger partial charge in [-0.2, -0.15) is 0 Å². The molecule has 1 unspecified atom stereocenters. The quantitative estimate of drug-likeness (QED) is 0.879. The number of hydrogen-bond acceptors (Lipinski definition) is 3. The Kier molecular flexibility index (Phi) is 4.70. The smallest absolute Gasteiger partial charge is 0.330 e. The monoisotopic (exact) mass is 305 g/mol. The largest absolute Gasteiger partial charge is 0.497 e. The van der Waals surface area contributed by atoms with Gasteiger partial charge in [-0.1, -0.05) is 29.8 Å². The Morgan fingerprint density at radius 2 is 2.05 bits per heavy atom. The van der Waals surface area contributed by atoms with Crippen LogP contribution in [0.1, 0.15) is 17.2 Å². The molecule has 0 aromatic heterocycles. The maximum Gasteiger partial charge on any atom is 0.330 e. The van der Waals surface area contributed by atoms with E-state index in [-0.39, 0.29) is 0 Å². The lowest BCUT2D eigenvalue weighted by Crippen LogP contribution is -2.20. The molecule has 1 atom stereocenters. The Hall–Kier alpha value is -2.20. The third kappa shape index (κ3) is 3.67. The summed E-state index contributed by atoms with van der Waals surface area (Å²) in [6.07, 6.45) is 0. The predicted molar refractivity (Wildman–Crippen MR) is 83.2 cm³/mol. The summed E-state index contributed by atoms with van der Waals surface area (Å²) in [5.41, 5.74) is 2.17. The predicted octanol–water partition coefficient (Wildman–Crippen LogP) is 3.89. The van der Waals surface area contributed by atoms with Gasteiger partial charge in [0.2, 0.25) is 0 Å². The second-order valence-electron chi connectivity index (χ2n) is 4.66. The summed E-state index contributed by atoms with van der Waals surface area (Å²) in [7, 11) is 1.56. The SMILES string of the molecule is COc1cccc(NC(C(=O)O)c2ccc(C)c(Cl)c2)c1. The number of methoxy groups -OCH3 is 1. The molecule has 0 fully saturated rings. The molecular weight excluding hydrogens is 290 g/mol. The summed E-state index contributed by atoms with van der Waals surface area (Å²) in [6, 6.07) is 11.5. The van der Waals surface area contributed by atoms with Crippen molar-refractivity contribution in [3.05, 3.63) is 58.6 Å². The van der Waals surface area contributed by atoms with Crippen LogP contribution in [0.15, 0.2) is 42.5 Å². The minimum Gasteiger partial charge on any atom is -0.497 e. The summed E-state index contributed by atoms with van der Waals surface area (Å²) in [4.78, 5) is 11.5. The third-order valence-electron chi connectivity index (χ3n) is 3.16. The van der Waals surface area contributed by atoms with E-state index in [1.54, 1.807) is 49.6 Å². The van der Waals surface area contributed by atoms with Gasteiger partial charge >= 0.3 is 5.97 Å². The maximum absolute atomic E-state index is 11.5. The zero-order chi connectivity index (χ0) is 15.4. The molecule has 0 aliphatic rings. The molecule has 0 heterocycles. The number of aryl methyl sites for hydroxylation is 1. The molecular formula is C16H16ClNO3. The number of rotatable bonds is 5. The zero-order valence-electron chi connectivity index (χ0n) is 11.8. The molecule has 2 aromatic carbocycles. The van der Waals surface area contributed by atoms with Gasteiger partial charge in [-0.15, -0.1) is 0 Å². The lowest BCUT2D eigenvalue weighted by atomic mass is 10.0.